The van der Waals surface area contributed by atoms with Crippen LogP contribution in [-0.4, -0.2) is 10.2 Å². The third-order valence-electron chi connectivity index (χ3n) is 0.133. The van der Waals surface area contributed by atoms with Crippen molar-refractivity contribution in [1.29, 1.82) is 0 Å². The molecule has 0 aliphatic rings. The minimum absolute atomic E-state index is 0. The van der Waals surface area contributed by atoms with Crippen LogP contribution in [0.4, 0.5) is 0 Å². The van der Waals surface area contributed by atoms with Gasteiger partial charge < -0.3 is 0 Å². The molecule has 0 aliphatic carbocycles. The van der Waals surface area contributed by atoms with Crippen molar-refractivity contribution in [2.75, 3.05) is 0 Å². The van der Waals surface area contributed by atoms with Gasteiger partial charge in [0, 0.05) is 27.3 Å². The van der Waals surface area contributed by atoms with Crippen molar-refractivity contribution in [1.82, 2.24) is 0 Å². The molecule has 1 radical (unpaired) electrons. The van der Waals surface area contributed by atoms with E-state index in [0.29, 0.717) is 0 Å². The largest absolute Gasteiger partial charge is 0.356 e. The van der Waals surface area contributed by atoms with Crippen LogP contribution < -0.4 is 0 Å². The molecule has 0 N–H and O–H groups in total. The summed E-state index contributed by atoms with van der Waals surface area (Å²) in [5, 5.41) is 14.9. The smallest absolute Gasteiger partial charge is 0.105 e. The zero-order valence-electron chi connectivity index (χ0n) is 3.24. The Kier molecular flexibility index (Phi) is 5.82. The van der Waals surface area contributed by atoms with Gasteiger partial charge in [0.2, 0.25) is 0 Å². The third kappa shape index (κ3) is 9.02. The second-order valence-corrected chi connectivity index (χ2v) is 0.529. The maximum Gasteiger partial charge on any atom is 0.356 e. The molecule has 0 aromatic carbocycles. The fourth-order valence-corrected chi connectivity index (χ4v) is 0.0544. The monoisotopic (exact) mass is 215 g/mol. The molecule has 0 saturated carbocycles. The van der Waals surface area contributed by atoms with Crippen LogP contribution in [0.5, 0.6) is 0 Å². The van der Waals surface area contributed by atoms with Gasteiger partial charge in [-0.05, 0) is 0 Å². The molecule has 0 atom stereocenters. The van der Waals surface area contributed by atoms with Crippen LogP contribution in [0, 0.1) is 20.2 Å². The summed E-state index contributed by atoms with van der Waals surface area (Å²) in [4.78, 5) is 20.6. The van der Waals surface area contributed by atoms with Gasteiger partial charge in [0.05, 0.1) is 0 Å². The van der Waals surface area contributed by atoms with E-state index in [1.54, 1.807) is 0 Å². The summed E-state index contributed by atoms with van der Waals surface area (Å²) in [7, 11) is 0. The third-order valence-corrected chi connectivity index (χ3v) is 0.133. The summed E-state index contributed by atoms with van der Waals surface area (Å²) in [6.45, 7) is 0. The summed E-state index contributed by atoms with van der Waals surface area (Å²) >= 11 is 0. The maximum atomic E-state index is 8.95. The summed E-state index contributed by atoms with van der Waals surface area (Å²) in [5.41, 5.74) is 0. The number of hydrogen-bond acceptors (Lipinski definition) is 5. The van der Waals surface area contributed by atoms with Crippen molar-refractivity contribution in [2.45, 2.75) is 0 Å². The molecule has 0 rings (SSSR count). The van der Waals surface area contributed by atoms with Gasteiger partial charge in [-0.25, -0.2) is 0 Å². The molecule has 0 amide bonds. The fourth-order valence-electron chi connectivity index (χ4n) is 0.0544. The number of nitrogens with zero attached hydrogens (tertiary/aromatic N) is 2. The molecule has 0 saturated heterocycles. The van der Waals surface area contributed by atoms with E-state index >= 15 is 0 Å². The van der Waals surface area contributed by atoms with Crippen LogP contribution in [-0.2, 0) is 27.3 Å². The molecule has 0 bridgehead atoms. The topological polar surface area (TPSA) is 95.5 Å². The van der Waals surface area contributed by atoms with Crippen LogP contribution in [0.2, 0.25) is 0 Å². The molecule has 8 heavy (non-hydrogen) atoms. The van der Waals surface area contributed by atoms with Gasteiger partial charge in [0.1, 0.15) is 0 Å². The van der Waals surface area contributed by atoms with Gasteiger partial charge in [-0.2, -0.15) is 0 Å². The van der Waals surface area contributed by atoms with E-state index in [4.69, 9.17) is 20.2 Å². The van der Waals surface area contributed by atoms with E-state index in [0.717, 1.165) is 0 Å². The second-order valence-electron chi connectivity index (χ2n) is 0.529. The van der Waals surface area contributed by atoms with Gasteiger partial charge in [0.15, 0.2) is 0 Å². The molecule has 0 aliphatic heterocycles. The first-order chi connectivity index (χ1) is 3.13. The quantitative estimate of drug-likeness (QED) is 0.348. The molecule has 0 spiro atoms. The summed E-state index contributed by atoms with van der Waals surface area (Å²) < 4.78 is 0. The fraction of sp³-hybridized carbons (Fsp3) is 0. The Hall–Kier alpha value is -0.660. The molecular weight excluding hydrogens is 216 g/mol. The minimum atomic E-state index is -1.50. The summed E-state index contributed by atoms with van der Waals surface area (Å²) in [6, 6.07) is 0. The van der Waals surface area contributed by atoms with E-state index in [1.807, 2.05) is 0 Å². The Labute approximate surface area is 58.3 Å². The van der Waals surface area contributed by atoms with Crippen molar-refractivity contribution in [3.63, 3.8) is 0 Å². The van der Waals surface area contributed by atoms with Crippen LogP contribution in [0.3, 0.4) is 0 Å². The average Bonchev–Trinajstić information content (AvgIpc) is 1.27. The maximum absolute atomic E-state index is 8.95. The minimum Gasteiger partial charge on any atom is -0.105 e. The first-order valence-corrected chi connectivity index (χ1v) is 1.10. The molecule has 0 unspecified atom stereocenters. The Balaban J connectivity index is 0. The van der Waals surface area contributed by atoms with E-state index in [-0.39, 0.29) is 22.4 Å². The van der Waals surface area contributed by atoms with Gasteiger partial charge >= 0.3 is 10.2 Å². The standard InChI is InChI=1S/Ag.N2O5/c;3-1(4)7-2(5)6. The van der Waals surface area contributed by atoms with Crippen molar-refractivity contribution < 1.29 is 37.5 Å². The molecule has 8 heteroatoms. The number of rotatable bonds is 2. The molecule has 0 fully saturated rings. The van der Waals surface area contributed by atoms with Gasteiger partial charge in [0.25, 0.3) is 0 Å². The summed E-state index contributed by atoms with van der Waals surface area (Å²) in [6.07, 6.45) is 0. The van der Waals surface area contributed by atoms with Crippen molar-refractivity contribution in [2.24, 2.45) is 0 Å². The molecule has 7 nitrogen and oxygen atoms in total. The Morgan fingerprint density at radius 1 is 1.12 bits per heavy atom. The van der Waals surface area contributed by atoms with Crippen molar-refractivity contribution in [3.05, 3.63) is 20.2 Å². The molecule has 0 heterocycles. The first kappa shape index (κ1) is 10.3. The van der Waals surface area contributed by atoms with Crippen LogP contribution >= 0.6 is 0 Å². The summed E-state index contributed by atoms with van der Waals surface area (Å²) in [5.74, 6) is 0. The average molecular weight is 216 g/mol. The van der Waals surface area contributed by atoms with E-state index in [9.17, 15) is 0 Å². The van der Waals surface area contributed by atoms with E-state index in [2.05, 4.69) is 4.94 Å². The Morgan fingerprint density at radius 3 is 1.38 bits per heavy atom. The number of hydrogen-bond donors (Lipinski definition) is 0. The Morgan fingerprint density at radius 2 is 1.38 bits per heavy atom. The molecule has 0 aromatic rings. The Bertz CT molecular complexity index is 86.6. The van der Waals surface area contributed by atoms with Crippen molar-refractivity contribution >= 4 is 0 Å². The zero-order chi connectivity index (χ0) is 5.86. The predicted octanol–water partition coefficient (Wildman–Crippen LogP) is -0.616. The normalized spacial score (nSPS) is 6.50. The zero-order valence-corrected chi connectivity index (χ0v) is 4.72. The SMILES string of the molecule is O=[N+]([O-])O[N+](=O)[O-].[Ag]. The van der Waals surface area contributed by atoms with Crippen LogP contribution in [0.1, 0.15) is 0 Å². The van der Waals surface area contributed by atoms with E-state index < -0.39 is 10.2 Å². The predicted molar refractivity (Wildman–Crippen MR) is 15.1 cm³/mol. The van der Waals surface area contributed by atoms with Gasteiger partial charge in [-0.1, -0.05) is 0 Å². The van der Waals surface area contributed by atoms with E-state index in [1.165, 1.54) is 0 Å². The van der Waals surface area contributed by atoms with Crippen LogP contribution in [0.25, 0.3) is 0 Å². The molecular formula is AgN2O5. The van der Waals surface area contributed by atoms with Crippen LogP contribution in [0.15, 0.2) is 0 Å². The second kappa shape index (κ2) is 4.50. The molecule has 51 valence electrons. The van der Waals surface area contributed by atoms with Gasteiger partial charge in [-0.15, -0.1) is 20.2 Å². The first-order valence-electron chi connectivity index (χ1n) is 1.10. The van der Waals surface area contributed by atoms with Gasteiger partial charge in [-0.3, -0.25) is 0 Å². The van der Waals surface area contributed by atoms with Crippen molar-refractivity contribution in [3.8, 4) is 0 Å². The molecule has 0 aromatic heterocycles.